The third-order valence-electron chi connectivity index (χ3n) is 2.95. The van der Waals surface area contributed by atoms with E-state index < -0.39 is 0 Å². The lowest BCUT2D eigenvalue weighted by Crippen LogP contribution is -2.19. The highest BCUT2D eigenvalue weighted by molar-refractivity contribution is 7.16. The van der Waals surface area contributed by atoms with Gasteiger partial charge in [-0.05, 0) is 35.9 Å². The molecule has 1 N–H and O–H groups in total. The van der Waals surface area contributed by atoms with E-state index in [0.717, 1.165) is 15.3 Å². The summed E-state index contributed by atoms with van der Waals surface area (Å²) < 4.78 is 0. The highest BCUT2D eigenvalue weighted by Crippen LogP contribution is 2.31. The molecule has 0 unspecified atom stereocenters. The zero-order chi connectivity index (χ0) is 14.1. The fourth-order valence-corrected chi connectivity index (χ4v) is 3.18. The van der Waals surface area contributed by atoms with Crippen molar-refractivity contribution in [1.82, 2.24) is 5.32 Å². The van der Waals surface area contributed by atoms with Gasteiger partial charge >= 0.3 is 0 Å². The summed E-state index contributed by atoms with van der Waals surface area (Å²) in [6.45, 7) is 0. The number of benzene rings is 1. The quantitative estimate of drug-likeness (QED) is 0.682. The maximum Gasteiger partial charge on any atom is 0.254 e. The second kappa shape index (κ2) is 5.23. The Kier molecular flexibility index (Phi) is 3.42. The van der Waals surface area contributed by atoms with Crippen LogP contribution in [0.5, 0.6) is 0 Å². The molecule has 0 aliphatic carbocycles. The van der Waals surface area contributed by atoms with Crippen LogP contribution in [0.3, 0.4) is 0 Å². The van der Waals surface area contributed by atoms with E-state index in [1.807, 2.05) is 36.4 Å². The molecule has 0 radical (unpaired) electrons. The maximum absolute atomic E-state index is 11.5. The van der Waals surface area contributed by atoms with E-state index in [2.05, 4.69) is 5.32 Å². The smallest absolute Gasteiger partial charge is 0.254 e. The third-order valence-corrected chi connectivity index (χ3v) is 4.26. The zero-order valence-electron chi connectivity index (χ0n) is 10.4. The fraction of sp³-hybridized carbons (Fsp3) is 0.0667. The van der Waals surface area contributed by atoms with Gasteiger partial charge < -0.3 is 0 Å². The minimum absolute atomic E-state index is 0.156. The first-order valence-corrected chi connectivity index (χ1v) is 7.22. The van der Waals surface area contributed by atoms with E-state index in [9.17, 15) is 9.59 Å². The highest BCUT2D eigenvalue weighted by Gasteiger charge is 2.23. The molecule has 2 amide bonds. The van der Waals surface area contributed by atoms with Crippen molar-refractivity contribution in [3.63, 3.8) is 0 Å². The van der Waals surface area contributed by atoms with Crippen molar-refractivity contribution >= 4 is 40.8 Å². The lowest BCUT2D eigenvalue weighted by molar-refractivity contribution is -0.124. The average Bonchev–Trinajstić information content (AvgIpc) is 2.97. The second-order valence-electron chi connectivity index (χ2n) is 4.44. The normalized spacial score (nSPS) is 16.8. The van der Waals surface area contributed by atoms with E-state index in [4.69, 9.17) is 11.6 Å². The first kappa shape index (κ1) is 13.1. The van der Waals surface area contributed by atoms with Crippen LogP contribution in [0.25, 0.3) is 16.5 Å². The Morgan fingerprint density at radius 3 is 2.75 bits per heavy atom. The number of nitrogens with one attached hydrogen (secondary N) is 1. The van der Waals surface area contributed by atoms with E-state index in [0.29, 0.717) is 10.6 Å². The summed E-state index contributed by atoms with van der Waals surface area (Å²) in [4.78, 5) is 24.6. The van der Waals surface area contributed by atoms with Crippen molar-refractivity contribution in [2.75, 3.05) is 0 Å². The molecule has 0 atom stereocenters. The van der Waals surface area contributed by atoms with Gasteiger partial charge in [-0.3, -0.25) is 14.9 Å². The molecule has 3 rings (SSSR count). The van der Waals surface area contributed by atoms with Crippen LogP contribution in [0.2, 0.25) is 5.02 Å². The van der Waals surface area contributed by atoms with Crippen LogP contribution in [0.4, 0.5) is 0 Å². The van der Waals surface area contributed by atoms with E-state index >= 15 is 0 Å². The minimum atomic E-state index is -0.298. The minimum Gasteiger partial charge on any atom is -0.292 e. The summed E-state index contributed by atoms with van der Waals surface area (Å²) in [5, 5.41) is 2.97. The number of thiophene rings is 1. The van der Waals surface area contributed by atoms with Crippen LogP contribution in [-0.4, -0.2) is 11.8 Å². The number of rotatable bonds is 2. The Morgan fingerprint density at radius 2 is 2.05 bits per heavy atom. The number of hydrogen-bond donors (Lipinski definition) is 1. The molecule has 2 aromatic rings. The van der Waals surface area contributed by atoms with E-state index in [1.54, 1.807) is 17.4 Å². The van der Waals surface area contributed by atoms with Gasteiger partial charge in [0.2, 0.25) is 5.91 Å². The molecule has 1 aromatic heterocycles. The first-order chi connectivity index (χ1) is 9.61. The zero-order valence-corrected chi connectivity index (χ0v) is 11.9. The Balaban J connectivity index is 1.89. The molecule has 1 aliphatic rings. The van der Waals surface area contributed by atoms with Gasteiger partial charge in [0.25, 0.3) is 5.91 Å². The van der Waals surface area contributed by atoms with Gasteiger partial charge in [-0.1, -0.05) is 23.7 Å². The number of carbonyl (C=O) groups is 2. The summed E-state index contributed by atoms with van der Waals surface area (Å²) >= 11 is 7.53. The van der Waals surface area contributed by atoms with Crippen LogP contribution in [0.1, 0.15) is 11.3 Å². The molecule has 0 bridgehead atoms. The highest BCUT2D eigenvalue weighted by atomic mass is 35.5. The van der Waals surface area contributed by atoms with Gasteiger partial charge in [0.15, 0.2) is 0 Å². The number of imide groups is 1. The molecular weight excluding hydrogens is 294 g/mol. The Labute approximate surface area is 124 Å². The average molecular weight is 304 g/mol. The van der Waals surface area contributed by atoms with Gasteiger partial charge in [-0.15, -0.1) is 11.3 Å². The maximum atomic E-state index is 11.5. The fourth-order valence-electron chi connectivity index (χ4n) is 2.02. The van der Waals surface area contributed by atoms with E-state index in [1.165, 1.54) is 0 Å². The van der Waals surface area contributed by atoms with Gasteiger partial charge in [0, 0.05) is 20.4 Å². The lowest BCUT2D eigenvalue weighted by atomic mass is 10.2. The van der Waals surface area contributed by atoms with Crippen LogP contribution < -0.4 is 5.32 Å². The molecular formula is C15H10ClNO2S. The Hall–Kier alpha value is -1.91. The molecule has 20 heavy (non-hydrogen) atoms. The topological polar surface area (TPSA) is 46.2 Å². The largest absolute Gasteiger partial charge is 0.292 e. The lowest BCUT2D eigenvalue weighted by Gasteiger charge is -1.97. The van der Waals surface area contributed by atoms with Crippen LogP contribution in [0.15, 0.2) is 42.0 Å². The SMILES string of the molecule is O=C1CC(=Cc2ccc(-c3cccc(Cl)c3)s2)C(=O)N1. The van der Waals surface area contributed by atoms with Crippen molar-refractivity contribution in [2.24, 2.45) is 0 Å². The van der Waals surface area contributed by atoms with Crippen molar-refractivity contribution in [3.8, 4) is 10.4 Å². The van der Waals surface area contributed by atoms with Crippen molar-refractivity contribution in [3.05, 3.63) is 51.9 Å². The molecule has 3 nitrogen and oxygen atoms in total. The molecule has 1 fully saturated rings. The number of halogens is 1. The van der Waals surface area contributed by atoms with Gasteiger partial charge in [-0.2, -0.15) is 0 Å². The van der Waals surface area contributed by atoms with Crippen LogP contribution in [-0.2, 0) is 9.59 Å². The van der Waals surface area contributed by atoms with Crippen molar-refractivity contribution in [1.29, 1.82) is 0 Å². The van der Waals surface area contributed by atoms with Gasteiger partial charge in [0.05, 0.1) is 6.42 Å². The Morgan fingerprint density at radius 1 is 1.20 bits per heavy atom. The summed E-state index contributed by atoms with van der Waals surface area (Å²) in [5.74, 6) is -0.541. The Bertz CT molecular complexity index is 733. The predicted molar refractivity (Wildman–Crippen MR) is 80.5 cm³/mol. The molecule has 2 heterocycles. The molecule has 0 spiro atoms. The van der Waals surface area contributed by atoms with Crippen LogP contribution >= 0.6 is 22.9 Å². The first-order valence-electron chi connectivity index (χ1n) is 6.02. The molecule has 1 aliphatic heterocycles. The standard InChI is InChI=1S/C15H10ClNO2S/c16-11-3-1-2-9(6-11)13-5-4-12(20-13)7-10-8-14(18)17-15(10)19/h1-7H,8H2,(H,17,18,19). The number of hydrogen-bond acceptors (Lipinski definition) is 3. The molecule has 5 heteroatoms. The monoisotopic (exact) mass is 303 g/mol. The van der Waals surface area contributed by atoms with Crippen LogP contribution in [0, 0.1) is 0 Å². The molecule has 1 aromatic carbocycles. The van der Waals surface area contributed by atoms with E-state index in [-0.39, 0.29) is 18.2 Å². The van der Waals surface area contributed by atoms with Gasteiger partial charge in [0.1, 0.15) is 0 Å². The number of carbonyl (C=O) groups excluding carboxylic acids is 2. The molecule has 0 saturated carbocycles. The predicted octanol–water partition coefficient (Wildman–Crippen LogP) is 3.50. The summed E-state index contributed by atoms with van der Waals surface area (Å²) in [6, 6.07) is 11.5. The van der Waals surface area contributed by atoms with Crippen molar-refractivity contribution in [2.45, 2.75) is 6.42 Å². The van der Waals surface area contributed by atoms with Gasteiger partial charge in [-0.25, -0.2) is 0 Å². The molecule has 100 valence electrons. The van der Waals surface area contributed by atoms with Crippen molar-refractivity contribution < 1.29 is 9.59 Å². The third kappa shape index (κ3) is 2.66. The molecule has 1 saturated heterocycles. The second-order valence-corrected chi connectivity index (χ2v) is 5.99. The summed E-state index contributed by atoms with van der Waals surface area (Å²) in [5.41, 5.74) is 1.55. The number of amides is 2. The summed E-state index contributed by atoms with van der Waals surface area (Å²) in [7, 11) is 0. The summed E-state index contributed by atoms with van der Waals surface area (Å²) in [6.07, 6.45) is 1.92.